The van der Waals surface area contributed by atoms with Crippen LogP contribution in [0.25, 0.3) is 0 Å². The topological polar surface area (TPSA) is 12.9 Å². The molecule has 0 saturated heterocycles. The summed E-state index contributed by atoms with van der Waals surface area (Å²) in [4.78, 5) is 3.89. The molecule has 0 spiro atoms. The smallest absolute Gasteiger partial charge is 0.141 e. The summed E-state index contributed by atoms with van der Waals surface area (Å²) < 4.78 is 11.6. The summed E-state index contributed by atoms with van der Waals surface area (Å²) in [6, 6.07) is 5.02. The minimum atomic E-state index is -0.406. The number of rotatable bonds is 2. The van der Waals surface area contributed by atoms with Gasteiger partial charge in [-0.25, -0.2) is 9.37 Å². The van der Waals surface area contributed by atoms with Gasteiger partial charge in [0, 0.05) is 6.20 Å². The molecule has 0 unspecified atom stereocenters. The standard InChI is InChI=1S/C6H6FNS/c7-5-9-6-3-1-2-4-8-6/h1-4H,5H2. The quantitative estimate of drug-likeness (QED) is 0.588. The van der Waals surface area contributed by atoms with Crippen LogP contribution in [0.1, 0.15) is 0 Å². The summed E-state index contributed by atoms with van der Waals surface area (Å²) in [7, 11) is 0. The molecule has 1 nitrogen and oxygen atoms in total. The summed E-state index contributed by atoms with van der Waals surface area (Å²) in [5.41, 5.74) is 0. The van der Waals surface area contributed by atoms with Gasteiger partial charge in [-0.2, -0.15) is 0 Å². The van der Waals surface area contributed by atoms with Gasteiger partial charge in [-0.3, -0.25) is 0 Å². The van der Waals surface area contributed by atoms with Gasteiger partial charge in [0.25, 0.3) is 0 Å². The van der Waals surface area contributed by atoms with E-state index in [-0.39, 0.29) is 0 Å². The summed E-state index contributed by atoms with van der Waals surface area (Å²) in [6.07, 6.45) is 1.65. The van der Waals surface area contributed by atoms with Crippen molar-refractivity contribution < 1.29 is 4.39 Å². The van der Waals surface area contributed by atoms with Crippen LogP contribution in [-0.4, -0.2) is 11.0 Å². The molecule has 0 aliphatic carbocycles. The molecule has 3 heteroatoms. The van der Waals surface area contributed by atoms with Crippen molar-refractivity contribution in [2.24, 2.45) is 0 Å². The fourth-order valence-electron chi connectivity index (χ4n) is 0.488. The zero-order valence-corrected chi connectivity index (χ0v) is 5.57. The summed E-state index contributed by atoms with van der Waals surface area (Å²) in [6.45, 7) is 0. The van der Waals surface area contributed by atoms with E-state index in [0.717, 1.165) is 16.8 Å². The summed E-state index contributed by atoms with van der Waals surface area (Å²) in [5.74, 6) is 0. The lowest BCUT2D eigenvalue weighted by Crippen LogP contribution is -1.74. The molecule has 1 aromatic rings. The second-order valence-electron chi connectivity index (χ2n) is 1.42. The fourth-order valence-corrected chi connectivity index (χ4v) is 0.910. The number of hydrogen-bond donors (Lipinski definition) is 0. The Morgan fingerprint density at radius 2 is 2.44 bits per heavy atom. The van der Waals surface area contributed by atoms with Gasteiger partial charge < -0.3 is 0 Å². The van der Waals surface area contributed by atoms with Crippen molar-refractivity contribution in [3.8, 4) is 0 Å². The molecule has 0 aliphatic rings. The predicted octanol–water partition coefficient (Wildman–Crippen LogP) is 2.10. The van der Waals surface area contributed by atoms with E-state index in [1.807, 2.05) is 12.1 Å². The van der Waals surface area contributed by atoms with Gasteiger partial charge in [-0.15, -0.1) is 0 Å². The van der Waals surface area contributed by atoms with Gasteiger partial charge in [-0.1, -0.05) is 17.8 Å². The number of alkyl halides is 1. The molecule has 1 heterocycles. The van der Waals surface area contributed by atoms with Crippen LogP contribution in [0.5, 0.6) is 0 Å². The normalized spacial score (nSPS) is 9.44. The number of aromatic nitrogens is 1. The monoisotopic (exact) mass is 143 g/mol. The third-order valence-electron chi connectivity index (χ3n) is 0.840. The molecule has 0 atom stereocenters. The lowest BCUT2D eigenvalue weighted by atomic mass is 10.5. The Labute approximate surface area is 57.3 Å². The maximum Gasteiger partial charge on any atom is 0.141 e. The van der Waals surface area contributed by atoms with Crippen molar-refractivity contribution in [3.63, 3.8) is 0 Å². The Morgan fingerprint density at radius 3 is 3.00 bits per heavy atom. The average molecular weight is 143 g/mol. The van der Waals surface area contributed by atoms with Crippen LogP contribution < -0.4 is 0 Å². The molecular weight excluding hydrogens is 137 g/mol. The van der Waals surface area contributed by atoms with Gasteiger partial charge in [0.2, 0.25) is 0 Å². The van der Waals surface area contributed by atoms with Crippen molar-refractivity contribution >= 4 is 11.8 Å². The first-order chi connectivity index (χ1) is 4.43. The van der Waals surface area contributed by atoms with E-state index in [0.29, 0.717) is 0 Å². The van der Waals surface area contributed by atoms with Crippen molar-refractivity contribution in [1.82, 2.24) is 4.98 Å². The maximum atomic E-state index is 11.6. The number of pyridine rings is 1. The second kappa shape index (κ2) is 3.45. The molecule has 0 fully saturated rings. The molecule has 0 radical (unpaired) electrons. The van der Waals surface area contributed by atoms with Gasteiger partial charge in [0.05, 0.1) is 5.03 Å². The lowest BCUT2D eigenvalue weighted by Gasteiger charge is -1.90. The Balaban J connectivity index is 2.61. The third kappa shape index (κ3) is 2.01. The molecule has 9 heavy (non-hydrogen) atoms. The third-order valence-corrected chi connectivity index (χ3v) is 1.49. The summed E-state index contributed by atoms with van der Waals surface area (Å²) >= 11 is 1.10. The SMILES string of the molecule is FCSc1ccccn1. The van der Waals surface area contributed by atoms with E-state index in [2.05, 4.69) is 4.98 Å². The number of hydrogen-bond acceptors (Lipinski definition) is 2. The molecule has 0 aliphatic heterocycles. The van der Waals surface area contributed by atoms with Crippen LogP contribution in [-0.2, 0) is 0 Å². The first-order valence-electron chi connectivity index (χ1n) is 2.53. The molecular formula is C6H6FNS. The number of thioether (sulfide) groups is 1. The fraction of sp³-hybridized carbons (Fsp3) is 0.167. The van der Waals surface area contributed by atoms with Gasteiger partial charge in [-0.05, 0) is 12.1 Å². The van der Waals surface area contributed by atoms with Crippen LogP contribution in [0.2, 0.25) is 0 Å². The van der Waals surface area contributed by atoms with Crippen molar-refractivity contribution in [2.75, 3.05) is 6.01 Å². The first-order valence-corrected chi connectivity index (χ1v) is 3.52. The minimum Gasteiger partial charge on any atom is -0.250 e. The minimum absolute atomic E-state index is 0.406. The van der Waals surface area contributed by atoms with Crippen LogP contribution >= 0.6 is 11.8 Å². The Kier molecular flexibility index (Phi) is 2.51. The summed E-state index contributed by atoms with van der Waals surface area (Å²) in [5, 5.41) is 0.736. The highest BCUT2D eigenvalue weighted by molar-refractivity contribution is 7.99. The van der Waals surface area contributed by atoms with Crippen molar-refractivity contribution in [3.05, 3.63) is 24.4 Å². The van der Waals surface area contributed by atoms with E-state index in [9.17, 15) is 4.39 Å². The Morgan fingerprint density at radius 1 is 1.56 bits per heavy atom. The van der Waals surface area contributed by atoms with Crippen LogP contribution in [0.15, 0.2) is 29.4 Å². The Bertz CT molecular complexity index is 166. The highest BCUT2D eigenvalue weighted by Crippen LogP contribution is 2.12. The Hall–Kier alpha value is -0.570. The molecule has 0 bridgehead atoms. The maximum absolute atomic E-state index is 11.6. The second-order valence-corrected chi connectivity index (χ2v) is 2.35. The van der Waals surface area contributed by atoms with Crippen molar-refractivity contribution in [2.45, 2.75) is 5.03 Å². The molecule has 1 rings (SSSR count). The van der Waals surface area contributed by atoms with Crippen LogP contribution in [0.3, 0.4) is 0 Å². The van der Waals surface area contributed by atoms with Gasteiger partial charge >= 0.3 is 0 Å². The molecule has 48 valence electrons. The molecule has 0 N–H and O–H groups in total. The molecule has 0 aromatic carbocycles. The van der Waals surface area contributed by atoms with E-state index in [1.165, 1.54) is 0 Å². The zero-order valence-electron chi connectivity index (χ0n) is 4.75. The van der Waals surface area contributed by atoms with Crippen LogP contribution in [0, 0.1) is 0 Å². The highest BCUT2D eigenvalue weighted by Gasteiger charge is 1.88. The van der Waals surface area contributed by atoms with E-state index in [4.69, 9.17) is 0 Å². The van der Waals surface area contributed by atoms with E-state index in [1.54, 1.807) is 12.3 Å². The highest BCUT2D eigenvalue weighted by atomic mass is 32.2. The van der Waals surface area contributed by atoms with E-state index < -0.39 is 6.01 Å². The lowest BCUT2D eigenvalue weighted by molar-refractivity contribution is 0.605. The molecule has 1 aromatic heterocycles. The van der Waals surface area contributed by atoms with Crippen LogP contribution in [0.4, 0.5) is 4.39 Å². The predicted molar refractivity (Wildman–Crippen MR) is 36.1 cm³/mol. The average Bonchev–Trinajstić information content (AvgIpc) is 1.91. The largest absolute Gasteiger partial charge is 0.250 e. The van der Waals surface area contributed by atoms with Gasteiger partial charge in [0.15, 0.2) is 0 Å². The van der Waals surface area contributed by atoms with Crippen molar-refractivity contribution in [1.29, 1.82) is 0 Å². The molecule has 0 amide bonds. The van der Waals surface area contributed by atoms with E-state index >= 15 is 0 Å². The van der Waals surface area contributed by atoms with Gasteiger partial charge in [0.1, 0.15) is 6.01 Å². The number of nitrogens with zero attached hydrogens (tertiary/aromatic N) is 1. The molecule has 0 saturated carbocycles. The number of halogens is 1. The zero-order chi connectivity index (χ0) is 6.53. The first kappa shape index (κ1) is 6.55.